The third-order valence-electron chi connectivity index (χ3n) is 6.53. The number of nitrogens with zero attached hydrogens (tertiary/aromatic N) is 1. The minimum absolute atomic E-state index is 0.0382. The van der Waals surface area contributed by atoms with Gasteiger partial charge in [-0.1, -0.05) is 18.2 Å². The Morgan fingerprint density at radius 2 is 1.74 bits per heavy atom. The van der Waals surface area contributed by atoms with Crippen LogP contribution in [0.1, 0.15) is 37.4 Å². The van der Waals surface area contributed by atoms with Crippen molar-refractivity contribution < 1.29 is 29.3 Å². The number of aromatic carboxylic acids is 1. The molecule has 0 saturated carbocycles. The third kappa shape index (κ3) is 2.52. The number of aromatic hydroxyl groups is 1. The Kier molecular flexibility index (Phi) is 3.99. The normalized spacial score (nSPS) is 17.5. The minimum Gasteiger partial charge on any atom is -0.508 e. The highest BCUT2D eigenvalue weighted by Crippen LogP contribution is 2.58. The first kappa shape index (κ1) is 20.1. The Balaban J connectivity index is 1.74. The van der Waals surface area contributed by atoms with Crippen LogP contribution in [0.2, 0.25) is 0 Å². The fraction of sp³-hybridized carbons (Fsp3) is 0.111. The van der Waals surface area contributed by atoms with Crippen LogP contribution < -0.4 is 9.64 Å². The van der Waals surface area contributed by atoms with Crippen molar-refractivity contribution in [1.29, 1.82) is 0 Å². The van der Waals surface area contributed by atoms with E-state index in [0.29, 0.717) is 28.2 Å². The van der Waals surface area contributed by atoms with E-state index in [4.69, 9.17) is 9.47 Å². The number of carboxylic acids is 1. The van der Waals surface area contributed by atoms with Gasteiger partial charge in [-0.25, -0.2) is 9.59 Å². The molecule has 7 heteroatoms. The highest BCUT2D eigenvalue weighted by atomic mass is 16.6. The summed E-state index contributed by atoms with van der Waals surface area (Å²) in [7, 11) is 3.83. The quantitative estimate of drug-likeness (QED) is 0.418. The van der Waals surface area contributed by atoms with Gasteiger partial charge in [-0.2, -0.15) is 0 Å². The Morgan fingerprint density at radius 3 is 2.50 bits per heavy atom. The van der Waals surface area contributed by atoms with Crippen molar-refractivity contribution >= 4 is 28.4 Å². The van der Waals surface area contributed by atoms with Gasteiger partial charge in [-0.3, -0.25) is 0 Å². The van der Waals surface area contributed by atoms with Gasteiger partial charge in [0.1, 0.15) is 17.2 Å². The van der Waals surface area contributed by atoms with Crippen LogP contribution in [-0.2, 0) is 10.3 Å². The van der Waals surface area contributed by atoms with Gasteiger partial charge in [0.05, 0.1) is 11.1 Å². The van der Waals surface area contributed by atoms with Crippen LogP contribution in [0.3, 0.4) is 0 Å². The maximum Gasteiger partial charge on any atom is 0.341 e. The fourth-order valence-corrected chi connectivity index (χ4v) is 4.98. The Labute approximate surface area is 194 Å². The van der Waals surface area contributed by atoms with Crippen molar-refractivity contribution in [3.63, 3.8) is 0 Å². The number of hydrogen-bond donors (Lipinski definition) is 2. The largest absolute Gasteiger partial charge is 0.508 e. The summed E-state index contributed by atoms with van der Waals surface area (Å²) in [6.07, 6.45) is 0. The Morgan fingerprint density at radius 1 is 0.941 bits per heavy atom. The summed E-state index contributed by atoms with van der Waals surface area (Å²) in [6, 6.07) is 19.0. The van der Waals surface area contributed by atoms with Crippen molar-refractivity contribution in [1.82, 2.24) is 0 Å². The molecule has 6 rings (SSSR count). The average molecular weight is 453 g/mol. The molecule has 0 fully saturated rings. The molecule has 4 aromatic rings. The SMILES string of the molecule is CN(C)c1ccc2c(c1)Oc1c(ccc3cc(O)ccc13)C21OC(=O)c2c(C(=O)O)cccc21. The van der Waals surface area contributed by atoms with Crippen LogP contribution in [0.4, 0.5) is 5.69 Å². The summed E-state index contributed by atoms with van der Waals surface area (Å²) < 4.78 is 12.6. The lowest BCUT2D eigenvalue weighted by Crippen LogP contribution is -2.33. The number of anilines is 1. The van der Waals surface area contributed by atoms with Gasteiger partial charge in [0.2, 0.25) is 0 Å². The molecule has 2 N–H and O–H groups in total. The standard InChI is InChI=1S/C27H19NO6/c1-28(2)15-7-11-19-22(13-15)33-24-17-9-8-16(29)12-14(17)6-10-21(24)27(19)20-5-3-4-18(25(30)31)23(20)26(32)34-27/h3-13,29H,1-2H3,(H,30,31). The van der Waals surface area contributed by atoms with E-state index in [1.165, 1.54) is 6.07 Å². The number of rotatable bonds is 2. The molecule has 0 bridgehead atoms. The van der Waals surface area contributed by atoms with Crippen LogP contribution in [0.15, 0.2) is 66.7 Å². The van der Waals surface area contributed by atoms with Gasteiger partial charge in [0, 0.05) is 47.9 Å². The van der Waals surface area contributed by atoms with Crippen LogP contribution in [0.25, 0.3) is 10.8 Å². The zero-order valence-electron chi connectivity index (χ0n) is 18.3. The first-order valence-electron chi connectivity index (χ1n) is 10.7. The average Bonchev–Trinajstić information content (AvgIpc) is 3.11. The second-order valence-electron chi connectivity index (χ2n) is 8.63. The number of benzene rings is 4. The first-order chi connectivity index (χ1) is 16.3. The number of hydrogen-bond acceptors (Lipinski definition) is 6. The van der Waals surface area contributed by atoms with Gasteiger partial charge in [-0.05, 0) is 47.9 Å². The molecule has 1 spiro atoms. The predicted molar refractivity (Wildman–Crippen MR) is 125 cm³/mol. The lowest BCUT2D eigenvalue weighted by Gasteiger charge is -2.37. The zero-order valence-corrected chi connectivity index (χ0v) is 18.3. The van der Waals surface area contributed by atoms with E-state index in [1.54, 1.807) is 36.4 Å². The molecular formula is C27H19NO6. The molecule has 7 nitrogen and oxygen atoms in total. The molecule has 2 heterocycles. The zero-order chi connectivity index (χ0) is 23.8. The number of carbonyl (C=O) groups is 2. The molecule has 2 aliphatic rings. The van der Waals surface area contributed by atoms with Gasteiger partial charge in [0.25, 0.3) is 0 Å². The molecule has 0 saturated heterocycles. The van der Waals surface area contributed by atoms with Crippen molar-refractivity contribution in [3.8, 4) is 17.2 Å². The van der Waals surface area contributed by atoms with E-state index < -0.39 is 17.5 Å². The van der Waals surface area contributed by atoms with Crippen molar-refractivity contribution in [2.24, 2.45) is 0 Å². The van der Waals surface area contributed by atoms with Crippen molar-refractivity contribution in [3.05, 3.63) is 94.5 Å². The van der Waals surface area contributed by atoms with Crippen LogP contribution >= 0.6 is 0 Å². The summed E-state index contributed by atoms with van der Waals surface area (Å²) in [5, 5.41) is 21.2. The Hall–Kier alpha value is -4.52. The second-order valence-corrected chi connectivity index (χ2v) is 8.63. The molecule has 0 amide bonds. The second kappa shape index (κ2) is 6.74. The highest BCUT2D eigenvalue weighted by molar-refractivity contribution is 6.07. The van der Waals surface area contributed by atoms with E-state index in [0.717, 1.165) is 16.5 Å². The fourth-order valence-electron chi connectivity index (χ4n) is 4.98. The summed E-state index contributed by atoms with van der Waals surface area (Å²) in [6.45, 7) is 0. The summed E-state index contributed by atoms with van der Waals surface area (Å²) in [4.78, 5) is 27.1. The van der Waals surface area contributed by atoms with Crippen molar-refractivity contribution in [2.75, 3.05) is 19.0 Å². The minimum atomic E-state index is -1.38. The molecule has 1 unspecified atom stereocenters. The number of phenols is 1. The van der Waals surface area contributed by atoms with E-state index in [9.17, 15) is 19.8 Å². The number of phenolic OH excluding ortho intramolecular Hbond substituents is 1. The van der Waals surface area contributed by atoms with Crippen LogP contribution in [0, 0.1) is 0 Å². The molecule has 2 aliphatic heterocycles. The van der Waals surface area contributed by atoms with E-state index in [1.807, 2.05) is 43.3 Å². The molecular weight excluding hydrogens is 434 g/mol. The highest BCUT2D eigenvalue weighted by Gasteiger charge is 2.55. The summed E-state index contributed by atoms with van der Waals surface area (Å²) >= 11 is 0. The van der Waals surface area contributed by atoms with Crippen LogP contribution in [0.5, 0.6) is 17.2 Å². The van der Waals surface area contributed by atoms with E-state index >= 15 is 0 Å². The van der Waals surface area contributed by atoms with Gasteiger partial charge in [0.15, 0.2) is 5.60 Å². The van der Waals surface area contributed by atoms with E-state index in [-0.39, 0.29) is 16.9 Å². The Bertz CT molecular complexity index is 1560. The first-order valence-corrected chi connectivity index (χ1v) is 10.7. The summed E-state index contributed by atoms with van der Waals surface area (Å²) in [5.74, 6) is -0.787. The molecule has 0 aliphatic carbocycles. The van der Waals surface area contributed by atoms with Gasteiger partial charge >= 0.3 is 11.9 Å². The van der Waals surface area contributed by atoms with Gasteiger partial charge in [-0.15, -0.1) is 0 Å². The number of fused-ring (bicyclic) bond motifs is 8. The number of ether oxygens (including phenoxy) is 2. The molecule has 168 valence electrons. The lowest BCUT2D eigenvalue weighted by atomic mass is 9.76. The lowest BCUT2D eigenvalue weighted by molar-refractivity contribution is 0.0223. The smallest absolute Gasteiger partial charge is 0.341 e. The third-order valence-corrected chi connectivity index (χ3v) is 6.53. The topological polar surface area (TPSA) is 96.3 Å². The predicted octanol–water partition coefficient (Wildman–Crippen LogP) is 4.88. The van der Waals surface area contributed by atoms with E-state index in [2.05, 4.69) is 0 Å². The molecule has 34 heavy (non-hydrogen) atoms. The summed E-state index contributed by atoms with van der Waals surface area (Å²) in [5.41, 5.74) is 1.10. The number of esters is 1. The molecule has 4 aromatic carbocycles. The number of carboxylic acid groups (broad SMARTS) is 1. The number of carbonyl (C=O) groups excluding carboxylic acids is 1. The van der Waals surface area contributed by atoms with Crippen LogP contribution in [-0.4, -0.2) is 36.2 Å². The molecule has 1 atom stereocenters. The maximum absolute atomic E-state index is 13.2. The van der Waals surface area contributed by atoms with Crippen molar-refractivity contribution in [2.45, 2.75) is 5.60 Å². The monoisotopic (exact) mass is 453 g/mol. The maximum atomic E-state index is 13.2. The molecule has 0 radical (unpaired) electrons. The molecule has 0 aromatic heterocycles. The van der Waals surface area contributed by atoms with Gasteiger partial charge < -0.3 is 24.6 Å².